The number of carbonyl (C=O) groups is 2. The zero-order valence-corrected chi connectivity index (χ0v) is 26.5. The predicted molar refractivity (Wildman–Crippen MR) is 160 cm³/mol. The molecule has 2 fully saturated rings. The predicted octanol–water partition coefficient (Wildman–Crippen LogP) is 4.48. The van der Waals surface area contributed by atoms with Crippen LogP contribution in [0.2, 0.25) is 0 Å². The van der Waals surface area contributed by atoms with Crippen LogP contribution >= 0.6 is 11.3 Å². The molecule has 2 aromatic rings. The molecule has 4 heterocycles. The van der Waals surface area contributed by atoms with Crippen molar-refractivity contribution in [2.45, 2.75) is 71.2 Å². The summed E-state index contributed by atoms with van der Waals surface area (Å²) in [6.45, 7) is 10.0. The Kier molecular flexibility index (Phi) is 8.94. The summed E-state index contributed by atoms with van der Waals surface area (Å²) in [6.07, 6.45) is 1.61. The highest BCUT2D eigenvalue weighted by Gasteiger charge is 2.59. The molecule has 44 heavy (non-hydrogen) atoms. The lowest BCUT2D eigenvalue weighted by Gasteiger charge is -2.32. The number of nitrogens with zero attached hydrogens (tertiary/aromatic N) is 4. The maximum Gasteiger partial charge on any atom is 0.338 e. The largest absolute Gasteiger partial charge is 0.463 e. The summed E-state index contributed by atoms with van der Waals surface area (Å²) in [7, 11) is 0. The van der Waals surface area contributed by atoms with Gasteiger partial charge in [-0.2, -0.15) is 0 Å². The molecule has 5 rings (SSSR count). The van der Waals surface area contributed by atoms with E-state index >= 15 is 8.78 Å². The van der Waals surface area contributed by atoms with Crippen LogP contribution < -0.4 is 5.32 Å². The van der Waals surface area contributed by atoms with Crippen LogP contribution in [-0.4, -0.2) is 89.0 Å². The number of aliphatic imine (C=N–C) groups is 1. The molecular weight excluding hydrogens is 595 g/mol. The van der Waals surface area contributed by atoms with Crippen molar-refractivity contribution in [3.8, 4) is 0 Å². The van der Waals surface area contributed by atoms with Gasteiger partial charge in [0.15, 0.2) is 10.8 Å². The number of alkyl halides is 2. The van der Waals surface area contributed by atoms with Gasteiger partial charge in [-0.15, -0.1) is 11.3 Å². The minimum absolute atomic E-state index is 0.0305. The van der Waals surface area contributed by atoms with Crippen LogP contribution in [0.1, 0.15) is 56.8 Å². The number of carbonyl (C=O) groups excluding carboxylic acids is 2. The van der Waals surface area contributed by atoms with Crippen LogP contribution in [-0.2, 0) is 19.1 Å². The number of amidine groups is 1. The number of nitrogens with one attached hydrogen (secondary N) is 1. The molecule has 238 valence electrons. The lowest BCUT2D eigenvalue weighted by molar-refractivity contribution is -0.160. The third kappa shape index (κ3) is 6.40. The van der Waals surface area contributed by atoms with E-state index in [0.717, 1.165) is 0 Å². The van der Waals surface area contributed by atoms with E-state index in [9.17, 15) is 14.0 Å². The second-order valence-corrected chi connectivity index (χ2v) is 13.3. The third-order valence-electron chi connectivity index (χ3n) is 8.26. The summed E-state index contributed by atoms with van der Waals surface area (Å²) in [4.78, 5) is 38.8. The van der Waals surface area contributed by atoms with Crippen molar-refractivity contribution in [2.75, 3.05) is 32.8 Å². The Hall–Kier alpha value is -3.29. The van der Waals surface area contributed by atoms with Crippen molar-refractivity contribution in [2.24, 2.45) is 10.9 Å². The first-order valence-corrected chi connectivity index (χ1v) is 15.6. The Bertz CT molecular complexity index is 1470. The van der Waals surface area contributed by atoms with E-state index in [0.29, 0.717) is 27.7 Å². The van der Waals surface area contributed by atoms with Crippen LogP contribution in [0, 0.1) is 18.7 Å². The molecule has 9 nitrogen and oxygen atoms in total. The number of rotatable bonds is 8. The summed E-state index contributed by atoms with van der Waals surface area (Å²) in [5.74, 6) is -5.28. The van der Waals surface area contributed by atoms with Crippen LogP contribution in [0.4, 0.5) is 13.2 Å². The Morgan fingerprint density at radius 2 is 2.00 bits per heavy atom. The molecule has 1 N–H and O–H groups in total. The highest BCUT2D eigenvalue weighted by Crippen LogP contribution is 2.44. The summed E-state index contributed by atoms with van der Waals surface area (Å²) in [6, 6.07) is 2.32. The van der Waals surface area contributed by atoms with Crippen molar-refractivity contribution in [1.82, 2.24) is 20.1 Å². The van der Waals surface area contributed by atoms with Gasteiger partial charge in [0, 0.05) is 43.0 Å². The number of fused-ring (bicyclic) bond motifs is 1. The molecule has 0 radical (unpaired) electrons. The zero-order chi connectivity index (χ0) is 32.0. The number of thiazole rings is 1. The third-order valence-corrected chi connectivity index (χ3v) is 9.04. The van der Waals surface area contributed by atoms with Crippen LogP contribution in [0.25, 0.3) is 0 Å². The second kappa shape index (κ2) is 12.2. The smallest absolute Gasteiger partial charge is 0.338 e. The van der Waals surface area contributed by atoms with Crippen molar-refractivity contribution in [1.29, 1.82) is 0 Å². The van der Waals surface area contributed by atoms with Gasteiger partial charge >= 0.3 is 11.9 Å². The molecule has 0 spiro atoms. The van der Waals surface area contributed by atoms with Crippen LogP contribution in [0.5, 0.6) is 0 Å². The minimum Gasteiger partial charge on any atom is -0.463 e. The van der Waals surface area contributed by atoms with Gasteiger partial charge in [-0.1, -0.05) is 12.1 Å². The second-order valence-electron chi connectivity index (χ2n) is 12.4. The molecule has 0 saturated carbocycles. The SMILES string of the molecule is CCOC(=O)C1=C(CN2CC(F)(F)[C@@H]3CN(C(C)C(=O)OC(C)(C)C)C[C@@H]32)NC(c2nccs2)=N[C@H]1c1cccc(F)c1C. The quantitative estimate of drug-likeness (QED) is 0.426. The average Bonchev–Trinajstić information content (AvgIpc) is 3.68. The van der Waals surface area contributed by atoms with E-state index in [-0.39, 0.29) is 31.8 Å². The number of benzene rings is 1. The Balaban J connectivity index is 1.51. The fourth-order valence-electron chi connectivity index (χ4n) is 6.10. The van der Waals surface area contributed by atoms with Crippen molar-refractivity contribution < 1.29 is 32.2 Å². The van der Waals surface area contributed by atoms with Gasteiger partial charge in [0.25, 0.3) is 5.92 Å². The molecule has 0 bridgehead atoms. The number of halogens is 3. The van der Waals surface area contributed by atoms with Gasteiger partial charge in [0.1, 0.15) is 23.5 Å². The molecule has 1 unspecified atom stereocenters. The highest BCUT2D eigenvalue weighted by molar-refractivity contribution is 7.11. The lowest BCUT2D eigenvalue weighted by atomic mass is 9.92. The summed E-state index contributed by atoms with van der Waals surface area (Å²) in [5.41, 5.74) is 0.548. The van der Waals surface area contributed by atoms with Gasteiger partial charge in [-0.3, -0.25) is 19.6 Å². The first-order chi connectivity index (χ1) is 20.7. The molecule has 2 saturated heterocycles. The molecule has 3 aliphatic rings. The molecular formula is C31H38F3N5O4S. The number of hydrogen-bond donors (Lipinski definition) is 1. The van der Waals surface area contributed by atoms with Crippen LogP contribution in [0.15, 0.2) is 46.0 Å². The van der Waals surface area contributed by atoms with E-state index in [1.165, 1.54) is 17.4 Å². The number of likely N-dealkylation sites (tertiary alicyclic amines) is 2. The highest BCUT2D eigenvalue weighted by atomic mass is 32.1. The van der Waals surface area contributed by atoms with Crippen molar-refractivity contribution in [3.05, 3.63) is 63.0 Å². The summed E-state index contributed by atoms with van der Waals surface area (Å²) < 4.78 is 56.8. The number of esters is 2. The van der Waals surface area contributed by atoms with E-state index in [1.807, 2.05) is 0 Å². The van der Waals surface area contributed by atoms with E-state index in [4.69, 9.17) is 14.5 Å². The Morgan fingerprint density at radius 1 is 1.25 bits per heavy atom. The maximum atomic E-state index is 15.5. The molecule has 1 aromatic carbocycles. The first-order valence-electron chi connectivity index (χ1n) is 14.7. The van der Waals surface area contributed by atoms with E-state index in [2.05, 4.69) is 10.3 Å². The van der Waals surface area contributed by atoms with Crippen LogP contribution in [0.3, 0.4) is 0 Å². The monoisotopic (exact) mass is 633 g/mol. The normalized spacial score (nSPS) is 24.5. The Labute approximate surface area is 259 Å². The van der Waals surface area contributed by atoms with E-state index in [1.54, 1.807) is 75.1 Å². The van der Waals surface area contributed by atoms with Crippen molar-refractivity contribution in [3.63, 3.8) is 0 Å². The minimum atomic E-state index is -3.03. The van der Waals surface area contributed by atoms with Crippen molar-refractivity contribution >= 4 is 29.1 Å². The molecule has 0 aliphatic carbocycles. The van der Waals surface area contributed by atoms with Gasteiger partial charge in [0.05, 0.1) is 24.6 Å². The Morgan fingerprint density at radius 3 is 2.66 bits per heavy atom. The molecule has 3 aliphatic heterocycles. The van der Waals surface area contributed by atoms with E-state index < -0.39 is 59.9 Å². The number of ether oxygens (including phenoxy) is 2. The average molecular weight is 634 g/mol. The number of aromatic nitrogens is 1. The lowest BCUT2D eigenvalue weighted by Crippen LogP contribution is -2.46. The standard InChI is InChI=1S/C31H38F3N5O4S/c1-7-42-29(41)24-22(36-26(27-35-11-12-44-27)37-25(24)19-9-8-10-21(32)17(19)2)14-39-16-31(33,34)20-13-38(15-23(20)39)18(3)28(40)43-30(4,5)6/h8-12,18,20,23,25H,7,13-16H2,1-6H3,(H,36,37)/t18?,20-,23+,25+/m1/s1. The summed E-state index contributed by atoms with van der Waals surface area (Å²) in [5, 5.41) is 5.51. The van der Waals surface area contributed by atoms with Gasteiger partial charge in [-0.05, 0) is 58.7 Å². The van der Waals surface area contributed by atoms with Gasteiger partial charge in [-0.25, -0.2) is 22.9 Å². The summed E-state index contributed by atoms with van der Waals surface area (Å²) >= 11 is 1.32. The zero-order valence-electron chi connectivity index (χ0n) is 25.7. The fourth-order valence-corrected chi connectivity index (χ4v) is 6.69. The van der Waals surface area contributed by atoms with Gasteiger partial charge < -0.3 is 14.8 Å². The molecule has 1 aromatic heterocycles. The molecule has 0 amide bonds. The first kappa shape index (κ1) is 32.1. The molecule has 4 atom stereocenters. The topological polar surface area (TPSA) is 96.4 Å². The maximum absolute atomic E-state index is 15.5. The van der Waals surface area contributed by atoms with Gasteiger partial charge in [0.2, 0.25) is 0 Å². The molecule has 13 heteroatoms. The fraction of sp³-hybridized carbons (Fsp3) is 0.548. The number of hydrogen-bond acceptors (Lipinski definition) is 10.